The highest BCUT2D eigenvalue weighted by molar-refractivity contribution is 5.94. The molecule has 0 radical (unpaired) electrons. The molecule has 23 heteroatoms. The lowest BCUT2D eigenvalue weighted by atomic mass is 9.90. The summed E-state index contributed by atoms with van der Waals surface area (Å²) in [7, 11) is 9.37. The Balaban J connectivity index is 1.61. The number of allylic oxidation sites excluding steroid dienone is 3. The number of likely N-dealkylation sites (tertiary alicyclic amines) is 1. The summed E-state index contributed by atoms with van der Waals surface area (Å²) in [4.78, 5) is 126. The number of terminal acetylenes is 1. The summed E-state index contributed by atoms with van der Waals surface area (Å²) < 4.78 is 22.2. The second kappa shape index (κ2) is 34.5. The zero-order chi connectivity index (χ0) is 62.1. The predicted molar refractivity (Wildman–Crippen MR) is 313 cm³/mol. The molecule has 7 N–H and O–H groups in total. The number of primary amides is 1. The molecule has 0 spiro atoms. The van der Waals surface area contributed by atoms with Crippen molar-refractivity contribution >= 4 is 53.5 Å². The number of carbonyl (C=O) groups is 9. The van der Waals surface area contributed by atoms with Gasteiger partial charge < -0.3 is 60.6 Å². The van der Waals surface area contributed by atoms with E-state index in [1.165, 1.54) is 26.2 Å². The highest BCUT2D eigenvalue weighted by Crippen LogP contribution is 2.30. The van der Waals surface area contributed by atoms with Gasteiger partial charge in [-0.05, 0) is 103 Å². The first-order valence-electron chi connectivity index (χ1n) is 28.7. The normalized spacial score (nSPS) is 18.2. The summed E-state index contributed by atoms with van der Waals surface area (Å²) in [6.45, 7) is 13.4. The van der Waals surface area contributed by atoms with E-state index in [0.717, 1.165) is 5.56 Å². The Labute approximate surface area is 491 Å². The maximum Gasteiger partial charge on any atom is 0.409 e. The first-order chi connectivity index (χ1) is 39.2. The second-order valence-electron chi connectivity index (χ2n) is 22.5. The van der Waals surface area contributed by atoms with E-state index in [2.05, 4.69) is 32.5 Å². The van der Waals surface area contributed by atoms with Crippen molar-refractivity contribution < 1.29 is 62.1 Å². The molecule has 1 fully saturated rings. The first kappa shape index (κ1) is 70.2. The lowest BCUT2D eigenvalue weighted by Crippen LogP contribution is -2.55. The number of urea groups is 1. The largest absolute Gasteiger partial charge is 0.467 e. The minimum Gasteiger partial charge on any atom is -0.467 e. The highest BCUT2D eigenvalue weighted by atomic mass is 16.6. The maximum absolute atomic E-state index is 14.3. The number of hydrogen-bond donors (Lipinski definition) is 6. The molecule has 1 saturated heterocycles. The molecule has 462 valence electrons. The number of nitrogens with two attached hydrogens (primary N) is 1. The van der Waals surface area contributed by atoms with Crippen LogP contribution in [0.5, 0.6) is 0 Å². The molecular formula is C60H94N10O13. The Kier molecular flexibility index (Phi) is 29.2. The van der Waals surface area contributed by atoms with Crippen LogP contribution in [0.25, 0.3) is 0 Å². The minimum absolute atomic E-state index is 0.0552. The van der Waals surface area contributed by atoms with Gasteiger partial charge in [0.05, 0.1) is 56.3 Å². The topological polar surface area (TPSA) is 290 Å². The van der Waals surface area contributed by atoms with E-state index in [1.54, 1.807) is 51.6 Å². The van der Waals surface area contributed by atoms with Crippen LogP contribution in [0.4, 0.5) is 9.59 Å². The Hall–Kier alpha value is -7.03. The van der Waals surface area contributed by atoms with Crippen LogP contribution in [0.1, 0.15) is 112 Å². The number of esters is 1. The van der Waals surface area contributed by atoms with Gasteiger partial charge in [-0.15, -0.1) is 6.42 Å². The number of benzene rings is 1. The third-order valence-corrected chi connectivity index (χ3v) is 15.4. The van der Waals surface area contributed by atoms with Gasteiger partial charge in [-0.2, -0.15) is 0 Å². The van der Waals surface area contributed by atoms with Gasteiger partial charge in [0.2, 0.25) is 29.5 Å². The molecule has 0 bridgehead atoms. The van der Waals surface area contributed by atoms with Crippen molar-refractivity contribution in [3.63, 3.8) is 0 Å². The molecule has 1 aromatic rings. The van der Waals surface area contributed by atoms with Crippen molar-refractivity contribution in [3.05, 3.63) is 59.8 Å². The Morgan fingerprint density at radius 2 is 1.55 bits per heavy atom. The standard InChI is InChI=1S/C60H94N10O13/c1-15-38(4)51(48(80-12)36-49(71)70-33-22-26-47(70)52(81-13)39(5)53(73)65-45(57(77)82-14)35-41-23-19-18-20-24-41)69(11)50(72)37-63-55(75)46(17-3)67(9)34-31-40-27-29-42(30-28-40)68(10)56(76)44(25-21-32-62-58(61)78)64-54(74)43(16-2)66-59(79)83-60(6,7)8/h2,18-20,23-24,27,29-30,38-40,43-48,51-52H,15,17,21-22,25-26,28,31-37H2,1,3-14H3,(H,63,75)(H,64,74)(H,65,73)(H,66,79)(H3,61,62,78)/t38-,39+,40?,43-,44-,45-,46?,47-,48+,51-,52+/m0/s1. The van der Waals surface area contributed by atoms with E-state index in [9.17, 15) is 43.2 Å². The van der Waals surface area contributed by atoms with Crippen LogP contribution in [0.15, 0.2) is 54.3 Å². The molecule has 23 nitrogen and oxygen atoms in total. The van der Waals surface area contributed by atoms with Crippen LogP contribution < -0.4 is 32.3 Å². The number of nitrogens with zero attached hydrogens (tertiary/aromatic N) is 4. The lowest BCUT2D eigenvalue weighted by molar-refractivity contribution is -0.148. The molecule has 0 aromatic heterocycles. The molecule has 0 saturated carbocycles. The number of ether oxygens (including phenoxy) is 4. The summed E-state index contributed by atoms with van der Waals surface area (Å²) in [5.41, 5.74) is 5.80. The van der Waals surface area contributed by atoms with Crippen molar-refractivity contribution in [2.75, 3.05) is 68.7 Å². The number of methoxy groups -OCH3 is 3. The van der Waals surface area contributed by atoms with Crippen LogP contribution in [0.2, 0.25) is 0 Å². The Bertz CT molecular complexity index is 2440. The first-order valence-corrected chi connectivity index (χ1v) is 28.7. The highest BCUT2D eigenvalue weighted by Gasteiger charge is 2.43. The molecule has 11 atom stereocenters. The average Bonchev–Trinajstić information content (AvgIpc) is 4.24. The molecular weight excluding hydrogens is 1070 g/mol. The quantitative estimate of drug-likeness (QED) is 0.0343. The number of alkyl carbamates (subject to hydrolysis) is 1. The molecule has 2 aliphatic rings. The minimum atomic E-state index is -1.44. The van der Waals surface area contributed by atoms with Gasteiger partial charge in [0, 0.05) is 53.5 Å². The van der Waals surface area contributed by atoms with Gasteiger partial charge >= 0.3 is 18.1 Å². The predicted octanol–water partition coefficient (Wildman–Crippen LogP) is 3.40. The summed E-state index contributed by atoms with van der Waals surface area (Å²) in [5, 5.41) is 13.2. The Morgan fingerprint density at radius 3 is 2.12 bits per heavy atom. The maximum atomic E-state index is 14.3. The zero-order valence-electron chi connectivity index (χ0n) is 51.1. The van der Waals surface area contributed by atoms with Gasteiger partial charge in [-0.25, -0.2) is 14.4 Å². The third kappa shape index (κ3) is 21.9. The molecule has 2 unspecified atom stereocenters. The van der Waals surface area contributed by atoms with E-state index in [4.69, 9.17) is 31.1 Å². The van der Waals surface area contributed by atoms with Crippen molar-refractivity contribution in [3.8, 4) is 12.3 Å². The molecule has 1 heterocycles. The van der Waals surface area contributed by atoms with E-state index < -0.39 is 95.8 Å². The number of carbonyl (C=O) groups excluding carboxylic acids is 9. The molecule has 1 aromatic carbocycles. The summed E-state index contributed by atoms with van der Waals surface area (Å²) in [5.74, 6) is -1.70. The van der Waals surface area contributed by atoms with Gasteiger partial charge in [0.1, 0.15) is 17.7 Å². The fourth-order valence-corrected chi connectivity index (χ4v) is 10.6. The number of hydrogen-bond acceptors (Lipinski definition) is 14. The number of nitrogens with one attached hydrogen (secondary N) is 5. The molecule has 83 heavy (non-hydrogen) atoms. The number of rotatable bonds is 32. The van der Waals surface area contributed by atoms with E-state index in [1.807, 2.05) is 81.3 Å². The zero-order valence-corrected chi connectivity index (χ0v) is 51.1. The van der Waals surface area contributed by atoms with Gasteiger partial charge in [0.25, 0.3) is 5.91 Å². The third-order valence-electron chi connectivity index (χ3n) is 15.4. The monoisotopic (exact) mass is 1160 g/mol. The lowest BCUT2D eigenvalue weighted by Gasteiger charge is -2.39. The number of amides is 9. The van der Waals surface area contributed by atoms with Crippen LogP contribution in [-0.4, -0.2) is 196 Å². The van der Waals surface area contributed by atoms with Crippen LogP contribution in [0.3, 0.4) is 0 Å². The smallest absolute Gasteiger partial charge is 0.409 e. The summed E-state index contributed by atoms with van der Waals surface area (Å²) >= 11 is 0. The van der Waals surface area contributed by atoms with Gasteiger partial charge in [-0.3, -0.25) is 39.0 Å². The van der Waals surface area contributed by atoms with Crippen molar-refractivity contribution in [2.45, 2.75) is 167 Å². The molecule has 3 rings (SSSR count). The van der Waals surface area contributed by atoms with Crippen LogP contribution in [0, 0.1) is 30.1 Å². The van der Waals surface area contributed by atoms with Gasteiger partial charge in [-0.1, -0.05) is 82.5 Å². The molecule has 1 aliphatic heterocycles. The van der Waals surface area contributed by atoms with Crippen molar-refractivity contribution in [1.29, 1.82) is 0 Å². The number of likely N-dealkylation sites (N-methyl/N-ethyl adjacent to an activating group) is 3. The fraction of sp³-hybridized carbons (Fsp3) is 0.650. The van der Waals surface area contributed by atoms with E-state index >= 15 is 0 Å². The summed E-state index contributed by atoms with van der Waals surface area (Å²) in [6.07, 6.45) is 13.2. The van der Waals surface area contributed by atoms with Crippen molar-refractivity contribution in [1.82, 2.24) is 46.2 Å². The SMILES string of the molecule is C#C[C@H](NC(=O)OC(C)(C)C)C(=O)N[C@@H](CCCNC(N)=O)C(=O)N(C)C1=CCC(CCN(C)C(CC)C(=O)NCC(=O)N(C)[C@@H]([C@@H](C)CC)[C@@H](CC(=O)N2CCC[C@H]2[C@H](OC)[C@@H](C)C(=O)N[C@@H](Cc2ccccc2)C(=O)OC)OC)C=C1. The Morgan fingerprint density at radius 1 is 0.880 bits per heavy atom. The van der Waals surface area contributed by atoms with Crippen molar-refractivity contribution in [2.24, 2.45) is 23.5 Å². The van der Waals surface area contributed by atoms with Gasteiger partial charge in [0.15, 0.2) is 6.04 Å². The summed E-state index contributed by atoms with van der Waals surface area (Å²) in [6, 6.07) is 3.57. The molecule has 1 aliphatic carbocycles. The van der Waals surface area contributed by atoms with E-state index in [0.29, 0.717) is 57.3 Å². The average molecular weight is 1160 g/mol. The second-order valence-corrected chi connectivity index (χ2v) is 22.5. The van der Waals surface area contributed by atoms with Crippen LogP contribution >= 0.6 is 0 Å². The fourth-order valence-electron chi connectivity index (χ4n) is 10.6. The van der Waals surface area contributed by atoms with E-state index in [-0.39, 0.29) is 68.3 Å². The van der Waals surface area contributed by atoms with Crippen LogP contribution in [-0.2, 0) is 58.9 Å². The molecule has 9 amide bonds.